The van der Waals surface area contributed by atoms with Crippen LogP contribution in [0.5, 0.6) is 0 Å². The fourth-order valence-corrected chi connectivity index (χ4v) is 3.46. The van der Waals surface area contributed by atoms with Gasteiger partial charge in [-0.25, -0.2) is 4.39 Å². The number of hydrogen-bond donors (Lipinski definition) is 0. The lowest BCUT2D eigenvalue weighted by atomic mass is 9.70. The van der Waals surface area contributed by atoms with Gasteiger partial charge < -0.3 is 0 Å². The van der Waals surface area contributed by atoms with Crippen molar-refractivity contribution in [3.05, 3.63) is 35.1 Å². The number of carbonyl (C=O) groups excluding carboxylic acids is 2. The van der Waals surface area contributed by atoms with E-state index in [0.717, 1.165) is 12.1 Å². The van der Waals surface area contributed by atoms with Crippen LogP contribution < -0.4 is 0 Å². The number of amides is 2. The van der Waals surface area contributed by atoms with Crippen molar-refractivity contribution < 1.29 is 53.5 Å². The SMILES string of the molecule is CCCCN1C(=O)c2ccc(F)cc2C(C)(CC(F)(F)C(F)(F)C(F)(F)C(F)(F)F)C1=O. The number of rotatable bonds is 7. The van der Waals surface area contributed by atoms with Crippen LogP contribution in [0.4, 0.5) is 43.9 Å². The van der Waals surface area contributed by atoms with E-state index in [0.29, 0.717) is 24.3 Å². The lowest BCUT2D eigenvalue weighted by Crippen LogP contribution is -2.64. The molecule has 1 aromatic carbocycles. The number of nitrogens with zero attached hydrogens (tertiary/aromatic N) is 1. The Bertz CT molecular complexity index is 912. The zero-order valence-corrected chi connectivity index (χ0v) is 16.6. The summed E-state index contributed by atoms with van der Waals surface area (Å²) in [5.41, 5.74) is -4.26. The molecule has 1 aliphatic heterocycles. The minimum atomic E-state index is -7.14. The molecule has 180 valence electrons. The summed E-state index contributed by atoms with van der Waals surface area (Å²) >= 11 is 0. The van der Waals surface area contributed by atoms with Crippen molar-refractivity contribution in [2.45, 2.75) is 62.5 Å². The van der Waals surface area contributed by atoms with Gasteiger partial charge in [-0.05, 0) is 37.1 Å². The van der Waals surface area contributed by atoms with Crippen LogP contribution in [0.1, 0.15) is 49.0 Å². The van der Waals surface area contributed by atoms with Gasteiger partial charge in [0.25, 0.3) is 5.91 Å². The molecule has 32 heavy (non-hydrogen) atoms. The molecular formula is C19H17F10NO2. The first kappa shape index (κ1) is 25.9. The van der Waals surface area contributed by atoms with Gasteiger partial charge in [0.05, 0.1) is 5.41 Å². The average Bonchev–Trinajstić information content (AvgIpc) is 2.65. The van der Waals surface area contributed by atoms with Crippen molar-refractivity contribution in [1.29, 1.82) is 0 Å². The Morgan fingerprint density at radius 1 is 0.938 bits per heavy atom. The summed E-state index contributed by atoms with van der Waals surface area (Å²) in [6, 6.07) is 1.92. The first-order valence-electron chi connectivity index (χ1n) is 9.21. The standard InChI is InChI=1S/C19H17F10NO2/c1-3-4-7-30-13(31)11-6-5-10(20)8-12(11)15(2,14(30)32)9-16(21,22)17(23,24)18(25,26)19(27,28)29/h5-6,8H,3-4,7,9H2,1-2H3. The topological polar surface area (TPSA) is 37.4 Å². The quantitative estimate of drug-likeness (QED) is 0.369. The molecule has 13 heteroatoms. The van der Waals surface area contributed by atoms with Crippen molar-refractivity contribution in [3.8, 4) is 0 Å². The summed E-state index contributed by atoms with van der Waals surface area (Å²) in [4.78, 5) is 25.9. The van der Waals surface area contributed by atoms with Gasteiger partial charge in [0, 0.05) is 18.5 Å². The van der Waals surface area contributed by atoms with Gasteiger partial charge in [0.1, 0.15) is 5.82 Å². The van der Waals surface area contributed by atoms with E-state index >= 15 is 0 Å². The molecule has 1 heterocycles. The normalized spacial score (nSPS) is 20.6. The summed E-state index contributed by atoms with van der Waals surface area (Å²) in [5.74, 6) is -24.0. The molecule has 1 aromatic rings. The summed E-state index contributed by atoms with van der Waals surface area (Å²) in [7, 11) is 0. The molecule has 3 nitrogen and oxygen atoms in total. The molecule has 0 spiro atoms. The molecule has 1 unspecified atom stereocenters. The van der Waals surface area contributed by atoms with E-state index in [-0.39, 0.29) is 13.0 Å². The number of unbranched alkanes of at least 4 members (excludes halogenated alkanes) is 1. The van der Waals surface area contributed by atoms with Crippen LogP contribution in [-0.2, 0) is 10.2 Å². The Labute approximate surface area is 175 Å². The van der Waals surface area contributed by atoms with Gasteiger partial charge >= 0.3 is 23.9 Å². The first-order chi connectivity index (χ1) is 14.3. The van der Waals surface area contributed by atoms with Crippen molar-refractivity contribution in [2.75, 3.05) is 6.54 Å². The highest BCUT2D eigenvalue weighted by Crippen LogP contribution is 2.56. The molecule has 0 N–H and O–H groups in total. The number of alkyl halides is 9. The molecule has 0 fully saturated rings. The molecule has 2 rings (SSSR count). The predicted molar refractivity (Wildman–Crippen MR) is 90.2 cm³/mol. The van der Waals surface area contributed by atoms with Gasteiger partial charge in [-0.3, -0.25) is 14.5 Å². The van der Waals surface area contributed by atoms with Gasteiger partial charge in [0.15, 0.2) is 0 Å². The Hall–Kier alpha value is -2.34. The maximum atomic E-state index is 14.4. The van der Waals surface area contributed by atoms with Crippen molar-refractivity contribution in [3.63, 3.8) is 0 Å². The van der Waals surface area contributed by atoms with E-state index in [1.54, 1.807) is 6.92 Å². The number of imide groups is 1. The monoisotopic (exact) mass is 481 g/mol. The van der Waals surface area contributed by atoms with E-state index in [2.05, 4.69) is 0 Å². The van der Waals surface area contributed by atoms with E-state index in [9.17, 15) is 53.5 Å². The van der Waals surface area contributed by atoms with Crippen LogP contribution in [0.15, 0.2) is 18.2 Å². The van der Waals surface area contributed by atoms with E-state index in [1.807, 2.05) is 0 Å². The van der Waals surface area contributed by atoms with Crippen molar-refractivity contribution in [2.24, 2.45) is 0 Å². The Kier molecular flexibility index (Phi) is 6.40. The van der Waals surface area contributed by atoms with E-state index in [1.165, 1.54) is 0 Å². The number of carbonyl (C=O) groups is 2. The molecule has 1 atom stereocenters. The van der Waals surface area contributed by atoms with Crippen LogP contribution in [0.3, 0.4) is 0 Å². The second-order valence-corrected chi connectivity index (χ2v) is 7.67. The third-order valence-electron chi connectivity index (χ3n) is 5.29. The fraction of sp³-hybridized carbons (Fsp3) is 0.579. The number of halogens is 10. The van der Waals surface area contributed by atoms with Gasteiger partial charge in [-0.2, -0.15) is 39.5 Å². The molecule has 0 bridgehead atoms. The third kappa shape index (κ3) is 3.83. The van der Waals surface area contributed by atoms with Gasteiger partial charge in [0.2, 0.25) is 5.91 Å². The molecule has 0 saturated carbocycles. The first-order valence-corrected chi connectivity index (χ1v) is 9.21. The molecule has 0 aromatic heterocycles. The van der Waals surface area contributed by atoms with Crippen LogP contribution in [0.25, 0.3) is 0 Å². The fourth-order valence-electron chi connectivity index (χ4n) is 3.46. The largest absolute Gasteiger partial charge is 0.460 e. The maximum Gasteiger partial charge on any atom is 0.460 e. The minimum absolute atomic E-state index is 0.156. The molecule has 0 aliphatic carbocycles. The maximum absolute atomic E-state index is 14.4. The Morgan fingerprint density at radius 2 is 1.50 bits per heavy atom. The zero-order chi connectivity index (χ0) is 24.9. The zero-order valence-electron chi connectivity index (χ0n) is 16.6. The minimum Gasteiger partial charge on any atom is -0.278 e. The van der Waals surface area contributed by atoms with Gasteiger partial charge in [-0.1, -0.05) is 13.3 Å². The lowest BCUT2D eigenvalue weighted by Gasteiger charge is -2.43. The Morgan fingerprint density at radius 3 is 2.00 bits per heavy atom. The number of hydrogen-bond acceptors (Lipinski definition) is 2. The van der Waals surface area contributed by atoms with Crippen molar-refractivity contribution in [1.82, 2.24) is 4.90 Å². The summed E-state index contributed by atoms with van der Waals surface area (Å²) in [6.45, 7) is 1.84. The molecule has 0 saturated heterocycles. The molecular weight excluding hydrogens is 464 g/mol. The highest BCUT2D eigenvalue weighted by molar-refractivity contribution is 6.13. The van der Waals surface area contributed by atoms with E-state index < -0.39 is 64.5 Å². The average molecular weight is 481 g/mol. The second-order valence-electron chi connectivity index (χ2n) is 7.67. The third-order valence-corrected chi connectivity index (χ3v) is 5.29. The molecule has 1 aliphatic rings. The van der Waals surface area contributed by atoms with Gasteiger partial charge in [-0.15, -0.1) is 0 Å². The van der Waals surface area contributed by atoms with Crippen LogP contribution in [0.2, 0.25) is 0 Å². The summed E-state index contributed by atoms with van der Waals surface area (Å²) in [5, 5.41) is 0. The smallest absolute Gasteiger partial charge is 0.278 e. The lowest BCUT2D eigenvalue weighted by molar-refractivity contribution is -0.397. The highest BCUT2D eigenvalue weighted by atomic mass is 19.4. The number of benzene rings is 1. The second kappa shape index (κ2) is 7.91. The van der Waals surface area contributed by atoms with Crippen molar-refractivity contribution >= 4 is 11.8 Å². The molecule has 2 amide bonds. The van der Waals surface area contributed by atoms with Crippen LogP contribution in [0, 0.1) is 5.82 Å². The summed E-state index contributed by atoms with van der Waals surface area (Å²) in [6.07, 6.45) is -9.01. The number of fused-ring (bicyclic) bond motifs is 1. The Balaban J connectivity index is 2.66. The molecule has 0 radical (unpaired) electrons. The van der Waals surface area contributed by atoms with E-state index in [4.69, 9.17) is 0 Å². The highest BCUT2D eigenvalue weighted by Gasteiger charge is 2.82. The predicted octanol–water partition coefficient (Wildman–Crippen LogP) is 5.72. The summed E-state index contributed by atoms with van der Waals surface area (Å²) < 4.78 is 134. The van der Waals surface area contributed by atoms with Crippen LogP contribution in [-0.4, -0.2) is 47.2 Å². The van der Waals surface area contributed by atoms with Crippen LogP contribution >= 0.6 is 0 Å².